The molecular formula is C19H28N4O3S. The summed E-state index contributed by atoms with van der Waals surface area (Å²) in [5.74, 6) is 0.967. The Bertz CT molecular complexity index is 855. The number of anilines is 1. The number of aryl methyl sites for hydroxylation is 1. The third-order valence-corrected chi connectivity index (χ3v) is 6.99. The maximum atomic E-state index is 11.9. The minimum atomic E-state index is -3.19. The van der Waals surface area contributed by atoms with Crippen molar-refractivity contribution in [3.63, 3.8) is 0 Å². The fourth-order valence-electron chi connectivity index (χ4n) is 3.30. The lowest BCUT2D eigenvalue weighted by molar-refractivity contribution is 0.330. The Kier molecular flexibility index (Phi) is 6.16. The molecule has 7 nitrogen and oxygen atoms in total. The number of nitrogens with one attached hydrogen (secondary N) is 2. The van der Waals surface area contributed by atoms with Gasteiger partial charge in [0.15, 0.2) is 0 Å². The molecule has 1 aliphatic carbocycles. The van der Waals surface area contributed by atoms with Crippen molar-refractivity contribution < 1.29 is 12.9 Å². The van der Waals surface area contributed by atoms with Crippen LogP contribution in [0.4, 0.5) is 6.01 Å². The van der Waals surface area contributed by atoms with Crippen LogP contribution in [0.15, 0.2) is 28.8 Å². The molecule has 2 N–H and O–H groups in total. The molecule has 0 saturated heterocycles. The first kappa shape index (κ1) is 19.8. The number of hydrogen-bond donors (Lipinski definition) is 2. The molecule has 0 spiro atoms. The van der Waals surface area contributed by atoms with Gasteiger partial charge in [0.25, 0.3) is 0 Å². The molecule has 1 aromatic heterocycles. The maximum Gasteiger partial charge on any atom is 0.322 e. The van der Waals surface area contributed by atoms with Crippen LogP contribution < -0.4 is 10.0 Å². The van der Waals surface area contributed by atoms with Crippen LogP contribution in [0.5, 0.6) is 0 Å². The summed E-state index contributed by atoms with van der Waals surface area (Å²) in [7, 11) is -3.19. The molecule has 8 heteroatoms. The van der Waals surface area contributed by atoms with Gasteiger partial charge in [-0.25, -0.2) is 13.1 Å². The minimum Gasteiger partial charge on any atom is -0.335 e. The van der Waals surface area contributed by atoms with E-state index >= 15 is 0 Å². The molecule has 148 valence electrons. The second kappa shape index (κ2) is 8.39. The lowest BCUT2D eigenvalue weighted by Gasteiger charge is -2.28. The van der Waals surface area contributed by atoms with E-state index in [0.717, 1.165) is 36.8 Å². The third kappa shape index (κ3) is 5.07. The predicted octanol–water partition coefficient (Wildman–Crippen LogP) is 3.34. The van der Waals surface area contributed by atoms with Crippen LogP contribution in [0, 0.1) is 12.8 Å². The van der Waals surface area contributed by atoms with Crippen LogP contribution in [0.3, 0.4) is 0 Å². The molecule has 1 heterocycles. The highest BCUT2D eigenvalue weighted by Gasteiger charge is 2.24. The lowest BCUT2D eigenvalue weighted by Crippen LogP contribution is -2.37. The van der Waals surface area contributed by atoms with E-state index in [1.165, 1.54) is 0 Å². The zero-order chi connectivity index (χ0) is 19.4. The van der Waals surface area contributed by atoms with Gasteiger partial charge >= 0.3 is 6.01 Å². The van der Waals surface area contributed by atoms with Crippen LogP contribution in [-0.4, -0.2) is 36.4 Å². The van der Waals surface area contributed by atoms with Gasteiger partial charge in [0.1, 0.15) is 0 Å². The van der Waals surface area contributed by atoms with E-state index in [1.54, 1.807) is 13.8 Å². The molecule has 0 radical (unpaired) electrons. The van der Waals surface area contributed by atoms with Crippen molar-refractivity contribution in [3.05, 3.63) is 29.8 Å². The first-order chi connectivity index (χ1) is 12.8. The van der Waals surface area contributed by atoms with Crippen molar-refractivity contribution in [1.82, 2.24) is 14.9 Å². The van der Waals surface area contributed by atoms with E-state index in [-0.39, 0.29) is 6.04 Å². The Labute approximate surface area is 161 Å². The molecule has 27 heavy (non-hydrogen) atoms. The topological polar surface area (TPSA) is 97.1 Å². The molecule has 1 aliphatic rings. The van der Waals surface area contributed by atoms with Gasteiger partial charge in [-0.05, 0) is 57.9 Å². The van der Waals surface area contributed by atoms with Gasteiger partial charge in [-0.2, -0.15) is 4.98 Å². The Morgan fingerprint density at radius 3 is 2.56 bits per heavy atom. The normalized spacial score (nSPS) is 20.7. The number of hydrogen-bond acceptors (Lipinski definition) is 6. The SMILES string of the molecule is Cc1ccccc1-c1noc(N[C@H]2CC[C@H](CNS(=O)(=O)C(C)C)CC2)n1. The van der Waals surface area contributed by atoms with Crippen LogP contribution >= 0.6 is 0 Å². The summed E-state index contributed by atoms with van der Waals surface area (Å²) in [6.45, 7) is 5.93. The van der Waals surface area contributed by atoms with Crippen molar-refractivity contribution in [1.29, 1.82) is 0 Å². The molecule has 0 aliphatic heterocycles. The number of aromatic nitrogens is 2. The lowest BCUT2D eigenvalue weighted by atomic mass is 9.86. The van der Waals surface area contributed by atoms with E-state index < -0.39 is 15.3 Å². The summed E-state index contributed by atoms with van der Waals surface area (Å²) in [5, 5.41) is 7.00. The monoisotopic (exact) mass is 392 g/mol. The van der Waals surface area contributed by atoms with Gasteiger partial charge < -0.3 is 9.84 Å². The summed E-state index contributed by atoms with van der Waals surface area (Å²) in [6.07, 6.45) is 3.85. The standard InChI is InChI=1S/C19H28N4O3S/c1-13(2)27(24,25)20-12-15-8-10-16(11-9-15)21-19-22-18(23-26-19)17-7-5-4-6-14(17)3/h4-7,13,15-16,20H,8-12H2,1-3H3,(H,21,22,23)/t15-,16-. The number of rotatable bonds is 7. The fourth-order valence-corrected chi connectivity index (χ4v) is 4.10. The van der Waals surface area contributed by atoms with Crippen LogP contribution in [0.2, 0.25) is 0 Å². The van der Waals surface area contributed by atoms with Gasteiger partial charge in [0.2, 0.25) is 15.8 Å². The van der Waals surface area contributed by atoms with Crippen molar-refractivity contribution >= 4 is 16.0 Å². The van der Waals surface area contributed by atoms with E-state index in [0.29, 0.717) is 24.3 Å². The molecule has 1 fully saturated rings. The molecular weight excluding hydrogens is 364 g/mol. The van der Waals surface area contributed by atoms with Crippen molar-refractivity contribution in [2.24, 2.45) is 5.92 Å². The van der Waals surface area contributed by atoms with Crippen molar-refractivity contribution in [2.45, 2.75) is 57.7 Å². The van der Waals surface area contributed by atoms with E-state index in [2.05, 4.69) is 20.2 Å². The third-order valence-electron chi connectivity index (χ3n) is 5.18. The fraction of sp³-hybridized carbons (Fsp3) is 0.579. The molecule has 1 aromatic carbocycles. The Morgan fingerprint density at radius 2 is 1.89 bits per heavy atom. The molecule has 3 rings (SSSR count). The molecule has 0 atom stereocenters. The largest absolute Gasteiger partial charge is 0.335 e. The first-order valence-electron chi connectivity index (χ1n) is 9.50. The quantitative estimate of drug-likeness (QED) is 0.750. The predicted molar refractivity (Wildman–Crippen MR) is 106 cm³/mol. The maximum absolute atomic E-state index is 11.9. The average molecular weight is 393 g/mol. The molecule has 0 bridgehead atoms. The highest BCUT2D eigenvalue weighted by Crippen LogP contribution is 2.27. The summed E-state index contributed by atoms with van der Waals surface area (Å²) in [6, 6.07) is 8.66. The van der Waals surface area contributed by atoms with Crippen LogP contribution in [0.1, 0.15) is 45.1 Å². The molecule has 1 saturated carbocycles. The van der Waals surface area contributed by atoms with Gasteiger partial charge in [-0.1, -0.05) is 29.4 Å². The number of benzene rings is 1. The highest BCUT2D eigenvalue weighted by atomic mass is 32.2. The smallest absolute Gasteiger partial charge is 0.322 e. The summed E-state index contributed by atoms with van der Waals surface area (Å²) < 4.78 is 31.8. The highest BCUT2D eigenvalue weighted by molar-refractivity contribution is 7.90. The zero-order valence-electron chi connectivity index (χ0n) is 16.1. The number of sulfonamides is 1. The van der Waals surface area contributed by atoms with Crippen molar-refractivity contribution in [2.75, 3.05) is 11.9 Å². The van der Waals surface area contributed by atoms with E-state index in [9.17, 15) is 8.42 Å². The van der Waals surface area contributed by atoms with Crippen LogP contribution in [0.25, 0.3) is 11.4 Å². The zero-order valence-corrected chi connectivity index (χ0v) is 16.9. The second-order valence-electron chi connectivity index (χ2n) is 7.54. The van der Waals surface area contributed by atoms with Crippen LogP contribution in [-0.2, 0) is 10.0 Å². The van der Waals surface area contributed by atoms with E-state index in [1.807, 2.05) is 31.2 Å². The van der Waals surface area contributed by atoms with Gasteiger partial charge in [-0.15, -0.1) is 0 Å². The average Bonchev–Trinajstić information content (AvgIpc) is 3.09. The Morgan fingerprint density at radius 1 is 1.19 bits per heavy atom. The Balaban J connectivity index is 1.49. The summed E-state index contributed by atoms with van der Waals surface area (Å²) in [4.78, 5) is 4.46. The molecule has 0 amide bonds. The van der Waals surface area contributed by atoms with Crippen molar-refractivity contribution in [3.8, 4) is 11.4 Å². The summed E-state index contributed by atoms with van der Waals surface area (Å²) in [5.41, 5.74) is 2.07. The second-order valence-corrected chi connectivity index (χ2v) is 9.86. The molecule has 0 unspecified atom stereocenters. The molecule has 2 aromatic rings. The first-order valence-corrected chi connectivity index (χ1v) is 11.0. The Hall–Kier alpha value is -1.93. The summed E-state index contributed by atoms with van der Waals surface area (Å²) >= 11 is 0. The van der Waals surface area contributed by atoms with Gasteiger partial charge in [0.05, 0.1) is 5.25 Å². The minimum absolute atomic E-state index is 0.271. The van der Waals surface area contributed by atoms with E-state index in [4.69, 9.17) is 4.52 Å². The van der Waals surface area contributed by atoms with Gasteiger partial charge in [0, 0.05) is 18.2 Å². The number of nitrogens with zero attached hydrogens (tertiary/aromatic N) is 2. The van der Waals surface area contributed by atoms with Gasteiger partial charge in [-0.3, -0.25) is 0 Å².